The Balaban J connectivity index is 1.21. The first-order valence-corrected chi connectivity index (χ1v) is 14.1. The van der Waals surface area contributed by atoms with E-state index < -0.39 is 0 Å². The van der Waals surface area contributed by atoms with Crippen LogP contribution in [0.15, 0.2) is 24.3 Å². The number of likely N-dealkylation sites (N-methyl/N-ethyl adjacent to an activating group) is 1. The van der Waals surface area contributed by atoms with Gasteiger partial charge in [0.2, 0.25) is 11.8 Å². The van der Waals surface area contributed by atoms with Gasteiger partial charge in [-0.25, -0.2) is 4.98 Å². The van der Waals surface area contributed by atoms with Crippen LogP contribution in [0.2, 0.25) is 0 Å². The molecule has 2 aliphatic heterocycles. The second kappa shape index (κ2) is 13.2. The highest BCUT2D eigenvalue weighted by Gasteiger charge is 2.20. The van der Waals surface area contributed by atoms with E-state index in [9.17, 15) is 9.59 Å². The minimum atomic E-state index is -0.145. The first kappa shape index (κ1) is 27.3. The number of pyridine rings is 1. The maximum absolute atomic E-state index is 12.5. The molecule has 0 saturated carbocycles. The monoisotopic (exact) mass is 508 g/mol. The van der Waals surface area contributed by atoms with Gasteiger partial charge in [-0.1, -0.05) is 13.3 Å². The van der Waals surface area contributed by atoms with Crippen LogP contribution in [0, 0.1) is 6.92 Å². The van der Waals surface area contributed by atoms with Crippen LogP contribution >= 0.6 is 0 Å². The molecule has 0 unspecified atom stereocenters. The lowest BCUT2D eigenvalue weighted by atomic mass is 10.00. The van der Waals surface area contributed by atoms with Gasteiger partial charge >= 0.3 is 0 Å². The Morgan fingerprint density at radius 3 is 2.59 bits per heavy atom. The van der Waals surface area contributed by atoms with Crippen molar-refractivity contribution in [3.05, 3.63) is 29.8 Å². The van der Waals surface area contributed by atoms with E-state index in [1.54, 1.807) is 0 Å². The molecule has 1 aromatic heterocycles. The summed E-state index contributed by atoms with van der Waals surface area (Å²) in [5.74, 6) is 0.811. The summed E-state index contributed by atoms with van der Waals surface area (Å²) in [6.45, 7) is 11.3. The number of benzene rings is 1. The quantitative estimate of drug-likeness (QED) is 0.476. The van der Waals surface area contributed by atoms with Gasteiger partial charge in [-0.3, -0.25) is 9.59 Å². The van der Waals surface area contributed by atoms with Gasteiger partial charge in [0.25, 0.3) is 0 Å². The summed E-state index contributed by atoms with van der Waals surface area (Å²) in [5, 5.41) is 6.97. The Kier molecular flexibility index (Phi) is 9.75. The smallest absolute Gasteiger partial charge is 0.224 e. The van der Waals surface area contributed by atoms with Crippen molar-refractivity contribution >= 4 is 34.2 Å². The van der Waals surface area contributed by atoms with E-state index in [1.165, 1.54) is 32.2 Å². The third-order valence-corrected chi connectivity index (χ3v) is 7.86. The van der Waals surface area contributed by atoms with E-state index in [2.05, 4.69) is 52.3 Å². The summed E-state index contributed by atoms with van der Waals surface area (Å²) in [7, 11) is 2.15. The molecule has 4 rings (SSSR count). The molecule has 0 bridgehead atoms. The fourth-order valence-corrected chi connectivity index (χ4v) is 5.52. The molecule has 2 aromatic rings. The van der Waals surface area contributed by atoms with Gasteiger partial charge < -0.3 is 25.3 Å². The second-order valence-electron chi connectivity index (χ2n) is 10.7. The van der Waals surface area contributed by atoms with Crippen molar-refractivity contribution in [2.45, 2.75) is 64.8 Å². The van der Waals surface area contributed by atoms with Crippen LogP contribution in [0.5, 0.6) is 0 Å². The lowest BCUT2D eigenvalue weighted by molar-refractivity contribution is -0.124. The zero-order chi connectivity index (χ0) is 26.2. The lowest BCUT2D eigenvalue weighted by Crippen LogP contribution is -2.44. The number of aryl methyl sites for hydroxylation is 1. The summed E-state index contributed by atoms with van der Waals surface area (Å²) in [4.78, 5) is 36.9. The van der Waals surface area contributed by atoms with Crippen LogP contribution in [0.4, 0.5) is 11.5 Å². The van der Waals surface area contributed by atoms with Crippen LogP contribution in [-0.2, 0) is 9.59 Å². The topological polar surface area (TPSA) is 80.8 Å². The van der Waals surface area contributed by atoms with Crippen molar-refractivity contribution in [1.82, 2.24) is 20.1 Å². The van der Waals surface area contributed by atoms with Crippen LogP contribution < -0.4 is 15.5 Å². The number of piperidine rings is 1. The molecule has 1 atom stereocenters. The van der Waals surface area contributed by atoms with Crippen molar-refractivity contribution in [3.63, 3.8) is 0 Å². The SMILES string of the molecule is CC[C@H]1CCCCN1CCCNC(=O)CCC(=O)Nc1ccc2nc(N3CCN(C)CC3)cc(C)c2c1. The number of hydrogen-bond donors (Lipinski definition) is 2. The predicted octanol–water partition coefficient (Wildman–Crippen LogP) is 3.78. The third-order valence-electron chi connectivity index (χ3n) is 7.86. The zero-order valence-corrected chi connectivity index (χ0v) is 22.9. The number of aromatic nitrogens is 1. The van der Waals surface area contributed by atoms with E-state index in [0.29, 0.717) is 12.6 Å². The van der Waals surface area contributed by atoms with Gasteiger partial charge in [-0.05, 0) is 76.0 Å². The Hall–Kier alpha value is -2.71. The van der Waals surface area contributed by atoms with Gasteiger partial charge in [0.15, 0.2) is 0 Å². The molecule has 3 heterocycles. The molecule has 37 heavy (non-hydrogen) atoms. The minimum absolute atomic E-state index is 0.0594. The second-order valence-corrected chi connectivity index (χ2v) is 10.7. The Labute approximate surface area is 221 Å². The molecule has 2 amide bonds. The van der Waals surface area contributed by atoms with Crippen molar-refractivity contribution in [2.24, 2.45) is 0 Å². The Bertz CT molecular complexity index is 1070. The molecule has 0 radical (unpaired) electrons. The van der Waals surface area contributed by atoms with Crippen LogP contribution in [0.3, 0.4) is 0 Å². The molecule has 202 valence electrons. The lowest BCUT2D eigenvalue weighted by Gasteiger charge is -2.35. The number of likely N-dealkylation sites (tertiary alicyclic amines) is 1. The minimum Gasteiger partial charge on any atom is -0.356 e. The molecule has 8 nitrogen and oxygen atoms in total. The first-order valence-electron chi connectivity index (χ1n) is 14.1. The van der Waals surface area contributed by atoms with E-state index in [0.717, 1.165) is 67.1 Å². The van der Waals surface area contributed by atoms with Crippen LogP contribution in [-0.4, -0.2) is 85.5 Å². The zero-order valence-electron chi connectivity index (χ0n) is 22.9. The maximum atomic E-state index is 12.5. The molecule has 8 heteroatoms. The highest BCUT2D eigenvalue weighted by atomic mass is 16.2. The summed E-state index contributed by atoms with van der Waals surface area (Å²) in [6, 6.07) is 8.67. The van der Waals surface area contributed by atoms with E-state index in [1.807, 2.05) is 18.2 Å². The van der Waals surface area contributed by atoms with Crippen molar-refractivity contribution in [3.8, 4) is 0 Å². The molecule has 1 aromatic carbocycles. The molecule has 2 fully saturated rings. The van der Waals surface area contributed by atoms with Gasteiger partial charge in [-0.2, -0.15) is 0 Å². The molecule has 2 saturated heterocycles. The molecular weight excluding hydrogens is 464 g/mol. The van der Waals surface area contributed by atoms with Crippen molar-refractivity contribution in [1.29, 1.82) is 0 Å². The normalized spacial score (nSPS) is 19.2. The van der Waals surface area contributed by atoms with Gasteiger partial charge in [0.05, 0.1) is 5.52 Å². The maximum Gasteiger partial charge on any atom is 0.224 e. The number of piperazine rings is 1. The number of fused-ring (bicyclic) bond motifs is 1. The van der Waals surface area contributed by atoms with Crippen molar-refractivity contribution in [2.75, 3.05) is 63.1 Å². The number of nitrogens with zero attached hydrogens (tertiary/aromatic N) is 4. The standard InChI is InChI=1S/C29H44N6O2/c1-4-24-8-5-6-14-34(24)15-7-13-30-28(36)11-12-29(37)31-23-9-10-26-25(21-23)22(2)20-27(32-26)35-18-16-33(3)17-19-35/h9-10,20-21,24H,4-8,11-19H2,1-3H3,(H,30,36)(H,31,37)/t24-/m0/s1. The number of amides is 2. The Morgan fingerprint density at radius 1 is 1.03 bits per heavy atom. The fourth-order valence-electron chi connectivity index (χ4n) is 5.52. The number of hydrogen-bond acceptors (Lipinski definition) is 6. The third kappa shape index (κ3) is 7.65. The number of carbonyl (C=O) groups is 2. The summed E-state index contributed by atoms with van der Waals surface area (Å²) in [6.07, 6.45) is 6.44. The number of rotatable bonds is 10. The molecular formula is C29H44N6O2. The van der Waals surface area contributed by atoms with Crippen molar-refractivity contribution < 1.29 is 9.59 Å². The van der Waals surface area contributed by atoms with Crippen LogP contribution in [0.1, 0.15) is 57.4 Å². The number of anilines is 2. The highest BCUT2D eigenvalue weighted by molar-refractivity contribution is 5.96. The highest BCUT2D eigenvalue weighted by Crippen LogP contribution is 2.26. The fraction of sp³-hybridized carbons (Fsp3) is 0.621. The van der Waals surface area contributed by atoms with Crippen LogP contribution in [0.25, 0.3) is 10.9 Å². The first-order chi connectivity index (χ1) is 17.9. The summed E-state index contributed by atoms with van der Waals surface area (Å²) >= 11 is 0. The van der Waals surface area contributed by atoms with Gasteiger partial charge in [0.1, 0.15) is 5.82 Å². The molecule has 0 spiro atoms. The summed E-state index contributed by atoms with van der Waals surface area (Å²) < 4.78 is 0. The molecule has 0 aliphatic carbocycles. The predicted molar refractivity (Wildman–Crippen MR) is 151 cm³/mol. The Morgan fingerprint density at radius 2 is 1.81 bits per heavy atom. The van der Waals surface area contributed by atoms with Gasteiger partial charge in [0, 0.05) is 69.2 Å². The van der Waals surface area contributed by atoms with E-state index in [-0.39, 0.29) is 24.7 Å². The summed E-state index contributed by atoms with van der Waals surface area (Å²) in [5.41, 5.74) is 2.81. The average molecular weight is 509 g/mol. The number of nitrogens with one attached hydrogen (secondary N) is 2. The average Bonchev–Trinajstić information content (AvgIpc) is 2.91. The largest absolute Gasteiger partial charge is 0.356 e. The van der Waals surface area contributed by atoms with Gasteiger partial charge in [-0.15, -0.1) is 0 Å². The molecule has 2 N–H and O–H groups in total. The number of carbonyl (C=O) groups excluding carboxylic acids is 2. The van der Waals surface area contributed by atoms with E-state index in [4.69, 9.17) is 4.98 Å². The van der Waals surface area contributed by atoms with E-state index >= 15 is 0 Å². The molecule has 2 aliphatic rings.